The highest BCUT2D eigenvalue weighted by molar-refractivity contribution is 5.83. The third-order valence-electron chi connectivity index (χ3n) is 7.26. The smallest absolute Gasteiger partial charge is 0.381 e. The molecular weight excluding hydrogens is 485 g/mol. The highest BCUT2D eigenvalue weighted by atomic mass is 19.4. The summed E-state index contributed by atoms with van der Waals surface area (Å²) in [4.78, 5) is 25.7. The Labute approximate surface area is 214 Å². The molecule has 0 radical (unpaired) electrons. The lowest BCUT2D eigenvalue weighted by Crippen LogP contribution is -2.41. The van der Waals surface area contributed by atoms with Gasteiger partial charge >= 0.3 is 6.18 Å². The van der Waals surface area contributed by atoms with Crippen molar-refractivity contribution >= 4 is 23.1 Å². The van der Waals surface area contributed by atoms with E-state index in [4.69, 9.17) is 9.47 Å². The third-order valence-corrected chi connectivity index (χ3v) is 7.26. The van der Waals surface area contributed by atoms with Gasteiger partial charge in [-0.15, -0.1) is 0 Å². The van der Waals surface area contributed by atoms with E-state index >= 15 is 0 Å². The van der Waals surface area contributed by atoms with Crippen molar-refractivity contribution < 1.29 is 32.2 Å². The van der Waals surface area contributed by atoms with Crippen molar-refractivity contribution in [3.05, 3.63) is 59.7 Å². The van der Waals surface area contributed by atoms with E-state index < -0.39 is 17.2 Å². The minimum atomic E-state index is -4.45. The van der Waals surface area contributed by atoms with Gasteiger partial charge in [0, 0.05) is 44.4 Å². The number of benzene rings is 2. The van der Waals surface area contributed by atoms with Crippen LogP contribution >= 0.6 is 0 Å². The van der Waals surface area contributed by atoms with Crippen LogP contribution in [0.4, 0.5) is 24.5 Å². The maximum absolute atomic E-state index is 13.2. The molecule has 2 aromatic carbocycles. The number of amides is 1. The molecule has 0 aromatic heterocycles. The van der Waals surface area contributed by atoms with Crippen LogP contribution in [0, 0.1) is 11.3 Å². The molecule has 0 saturated carbocycles. The Bertz CT molecular complexity index is 1060. The molecule has 9 heteroatoms. The Morgan fingerprint density at radius 3 is 2.38 bits per heavy atom. The monoisotopic (exact) mass is 518 g/mol. The molecule has 6 nitrogen and oxygen atoms in total. The lowest BCUT2D eigenvalue weighted by Gasteiger charge is -2.27. The lowest BCUT2D eigenvalue weighted by molar-refractivity contribution is -0.137. The van der Waals surface area contributed by atoms with Crippen molar-refractivity contribution in [1.82, 2.24) is 5.32 Å². The van der Waals surface area contributed by atoms with E-state index in [0.29, 0.717) is 64.3 Å². The molecule has 2 N–H and O–H groups in total. The predicted octanol–water partition coefficient (Wildman–Crippen LogP) is 5.64. The molecule has 1 amide bonds. The average Bonchev–Trinajstić information content (AvgIpc) is 3.38. The van der Waals surface area contributed by atoms with Crippen molar-refractivity contribution in [3.63, 3.8) is 0 Å². The summed E-state index contributed by atoms with van der Waals surface area (Å²) >= 11 is 0. The molecule has 2 aliphatic rings. The second-order valence-corrected chi connectivity index (χ2v) is 9.84. The first-order valence-corrected chi connectivity index (χ1v) is 12.8. The largest absolute Gasteiger partial charge is 0.418 e. The van der Waals surface area contributed by atoms with E-state index in [2.05, 4.69) is 10.6 Å². The number of nitrogens with one attached hydrogen (secondary N) is 2. The number of halogens is 3. The zero-order chi connectivity index (χ0) is 26.3. The van der Waals surface area contributed by atoms with E-state index in [9.17, 15) is 22.8 Å². The van der Waals surface area contributed by atoms with Gasteiger partial charge in [-0.3, -0.25) is 9.59 Å². The highest BCUT2D eigenvalue weighted by Gasteiger charge is 2.41. The molecule has 0 bridgehead atoms. The first-order chi connectivity index (χ1) is 17.8. The normalized spacial score (nSPS) is 20.5. The topological polar surface area (TPSA) is 76.7 Å². The number of hydrogen-bond acceptors (Lipinski definition) is 5. The third kappa shape index (κ3) is 7.11. The zero-order valence-electron chi connectivity index (χ0n) is 20.7. The molecule has 1 atom stereocenters. The summed E-state index contributed by atoms with van der Waals surface area (Å²) in [5.41, 5.74) is -0.0496. The molecule has 2 saturated heterocycles. The van der Waals surface area contributed by atoms with Crippen molar-refractivity contribution in [1.29, 1.82) is 0 Å². The fourth-order valence-electron chi connectivity index (χ4n) is 4.99. The van der Waals surface area contributed by atoms with Crippen molar-refractivity contribution in [2.75, 3.05) is 31.7 Å². The van der Waals surface area contributed by atoms with Gasteiger partial charge in [-0.05, 0) is 61.9 Å². The van der Waals surface area contributed by atoms with Crippen LogP contribution in [0.25, 0.3) is 0 Å². The Morgan fingerprint density at radius 1 is 0.973 bits per heavy atom. The van der Waals surface area contributed by atoms with Crippen LogP contribution in [0.15, 0.2) is 48.5 Å². The molecule has 0 spiro atoms. The summed E-state index contributed by atoms with van der Waals surface area (Å²) < 4.78 is 50.6. The van der Waals surface area contributed by atoms with Gasteiger partial charge in [0.25, 0.3) is 0 Å². The Kier molecular flexibility index (Phi) is 8.87. The molecule has 2 aromatic rings. The molecule has 37 heavy (non-hydrogen) atoms. The number of ether oxygens (including phenoxy) is 2. The van der Waals surface area contributed by atoms with Gasteiger partial charge in [-0.1, -0.05) is 24.3 Å². The van der Waals surface area contributed by atoms with Gasteiger partial charge in [0.2, 0.25) is 5.91 Å². The van der Waals surface area contributed by atoms with Crippen LogP contribution < -0.4 is 10.6 Å². The van der Waals surface area contributed by atoms with Gasteiger partial charge in [-0.2, -0.15) is 13.2 Å². The maximum Gasteiger partial charge on any atom is 0.418 e. The van der Waals surface area contributed by atoms with Gasteiger partial charge in [0.15, 0.2) is 0 Å². The second kappa shape index (κ2) is 12.1. The van der Waals surface area contributed by atoms with Gasteiger partial charge in [0.1, 0.15) is 5.78 Å². The molecule has 2 heterocycles. The van der Waals surface area contributed by atoms with E-state index in [0.717, 1.165) is 24.5 Å². The van der Waals surface area contributed by atoms with Crippen LogP contribution in [0.5, 0.6) is 0 Å². The molecule has 2 aliphatic heterocycles. The van der Waals surface area contributed by atoms with E-state index in [1.807, 2.05) is 0 Å². The number of hydrogen-bond donors (Lipinski definition) is 2. The van der Waals surface area contributed by atoms with Gasteiger partial charge in [-0.25, -0.2) is 0 Å². The summed E-state index contributed by atoms with van der Waals surface area (Å²) in [6, 6.07) is 12.2. The predicted molar refractivity (Wildman–Crippen MR) is 133 cm³/mol. The van der Waals surface area contributed by atoms with E-state index in [1.54, 1.807) is 30.3 Å². The number of Topliss-reactive ketones (excluding diaryl/α,β-unsaturated/α-hetero) is 1. The standard InChI is InChI=1S/C28H33F3N2O4/c29-28(30,31)23-4-1-2-5-24(23)33-22-9-7-20(8-10-22)18-32-26(35)27(14-17-37-19-27)13-3-6-25(34)21-11-15-36-16-12-21/h1-2,4-5,7-10,21,33H,3,6,11-19H2,(H,32,35). The molecule has 4 rings (SSSR count). The lowest BCUT2D eigenvalue weighted by atomic mass is 9.80. The SMILES string of the molecule is O=C(CCCC1(C(=O)NCc2ccc(Nc3ccccc3C(F)(F)F)cc2)CCOC1)C1CCOCC1. The Balaban J connectivity index is 1.29. The van der Waals surface area contributed by atoms with Crippen molar-refractivity contribution in [3.8, 4) is 0 Å². The molecule has 1 unspecified atom stereocenters. The minimum Gasteiger partial charge on any atom is -0.381 e. The van der Waals surface area contributed by atoms with E-state index in [-0.39, 0.29) is 23.3 Å². The Hall–Kier alpha value is -2.91. The number of ketones is 1. The quantitative estimate of drug-likeness (QED) is 0.426. The Morgan fingerprint density at radius 2 is 1.70 bits per heavy atom. The number of carbonyl (C=O) groups is 2. The van der Waals surface area contributed by atoms with Crippen molar-refractivity contribution in [2.24, 2.45) is 11.3 Å². The second-order valence-electron chi connectivity index (χ2n) is 9.84. The summed E-state index contributed by atoms with van der Waals surface area (Å²) in [5.74, 6) is 0.229. The van der Waals surface area contributed by atoms with Crippen molar-refractivity contribution in [2.45, 2.75) is 51.2 Å². The van der Waals surface area contributed by atoms with Crippen LogP contribution in [0.3, 0.4) is 0 Å². The molecule has 0 aliphatic carbocycles. The first-order valence-electron chi connectivity index (χ1n) is 12.8. The molecule has 200 valence electrons. The average molecular weight is 519 g/mol. The highest BCUT2D eigenvalue weighted by Crippen LogP contribution is 2.37. The molecule has 2 fully saturated rings. The minimum absolute atomic E-state index is 0.0190. The zero-order valence-corrected chi connectivity index (χ0v) is 20.7. The van der Waals surface area contributed by atoms with Crippen LogP contribution in [-0.4, -0.2) is 38.1 Å². The van der Waals surface area contributed by atoms with Crippen LogP contribution in [-0.2, 0) is 31.8 Å². The van der Waals surface area contributed by atoms with E-state index in [1.165, 1.54) is 12.1 Å². The summed E-state index contributed by atoms with van der Waals surface area (Å²) in [6.45, 7) is 2.41. The number of carbonyl (C=O) groups excluding carboxylic acids is 2. The number of rotatable bonds is 10. The fraction of sp³-hybridized carbons (Fsp3) is 0.500. The summed E-state index contributed by atoms with van der Waals surface area (Å²) in [6.07, 6.45) is -0.585. The number of para-hydroxylation sites is 1. The molecular formula is C28H33F3N2O4. The van der Waals surface area contributed by atoms with Gasteiger partial charge < -0.3 is 20.1 Å². The first kappa shape index (κ1) is 27.1. The van der Waals surface area contributed by atoms with Crippen LogP contribution in [0.1, 0.15) is 49.7 Å². The number of alkyl halides is 3. The summed E-state index contributed by atoms with van der Waals surface area (Å²) in [5, 5.41) is 5.81. The fourth-order valence-corrected chi connectivity index (χ4v) is 4.99. The van der Waals surface area contributed by atoms with Crippen LogP contribution in [0.2, 0.25) is 0 Å². The number of anilines is 2. The summed E-state index contributed by atoms with van der Waals surface area (Å²) in [7, 11) is 0. The van der Waals surface area contributed by atoms with Gasteiger partial charge in [0.05, 0.1) is 23.3 Å². The maximum atomic E-state index is 13.2.